The number of ether oxygens (including phenoxy) is 1. The highest BCUT2D eigenvalue weighted by atomic mass is 16.5. The second-order valence-corrected chi connectivity index (χ2v) is 3.11. The Labute approximate surface area is 76.2 Å². The van der Waals surface area contributed by atoms with Crippen molar-refractivity contribution in [3.05, 3.63) is 18.1 Å². The monoisotopic (exact) mass is 175 g/mol. The topological polar surface area (TPSA) is 58.8 Å². The molecule has 1 aliphatic carbocycles. The molecule has 0 saturated heterocycles. The lowest BCUT2D eigenvalue weighted by molar-refractivity contribution is 0.287. The summed E-state index contributed by atoms with van der Waals surface area (Å²) in [6.45, 7) is 0.723. The van der Waals surface area contributed by atoms with E-state index >= 15 is 0 Å². The molecular weight excluding hydrogens is 166 g/mol. The Morgan fingerprint density at radius 3 is 2.85 bits per heavy atom. The van der Waals surface area contributed by atoms with E-state index in [1.807, 2.05) is 6.07 Å². The normalized spacial score (nSPS) is 15.0. The van der Waals surface area contributed by atoms with Gasteiger partial charge in [-0.05, 0) is 18.8 Å². The average molecular weight is 175 g/mol. The number of nitrogens with zero attached hydrogens (tertiary/aromatic N) is 3. The van der Waals surface area contributed by atoms with Crippen LogP contribution in [0.3, 0.4) is 0 Å². The molecule has 2 rings (SSSR count). The second kappa shape index (κ2) is 3.40. The summed E-state index contributed by atoms with van der Waals surface area (Å²) in [5, 5.41) is 8.46. The molecule has 1 aliphatic rings. The lowest BCUT2D eigenvalue weighted by Gasteiger charge is -2.01. The molecule has 0 atom stereocenters. The zero-order valence-electron chi connectivity index (χ0n) is 7.10. The standard InChI is InChI=1S/C9H9N3O/c10-3-8-4-12-9(5-11-8)13-6-7-1-2-7/h4-5,7H,1-2,6H2. The highest BCUT2D eigenvalue weighted by molar-refractivity contribution is 5.18. The maximum absolute atomic E-state index is 8.46. The van der Waals surface area contributed by atoms with E-state index in [9.17, 15) is 0 Å². The SMILES string of the molecule is N#Cc1cnc(OCC2CC2)cn1. The van der Waals surface area contributed by atoms with E-state index in [1.165, 1.54) is 25.2 Å². The van der Waals surface area contributed by atoms with Crippen LogP contribution in [0.4, 0.5) is 0 Å². The number of nitriles is 1. The number of rotatable bonds is 3. The fourth-order valence-corrected chi connectivity index (χ4v) is 0.936. The molecule has 66 valence electrons. The van der Waals surface area contributed by atoms with Gasteiger partial charge in [-0.3, -0.25) is 0 Å². The molecule has 0 unspecified atom stereocenters. The quantitative estimate of drug-likeness (QED) is 0.691. The van der Waals surface area contributed by atoms with Crippen LogP contribution in [0.15, 0.2) is 12.4 Å². The molecule has 1 fully saturated rings. The molecule has 0 radical (unpaired) electrons. The average Bonchev–Trinajstić information content (AvgIpc) is 2.99. The van der Waals surface area contributed by atoms with Gasteiger partial charge in [0.05, 0.1) is 19.0 Å². The largest absolute Gasteiger partial charge is 0.476 e. The summed E-state index contributed by atoms with van der Waals surface area (Å²) in [7, 11) is 0. The van der Waals surface area contributed by atoms with Gasteiger partial charge in [-0.15, -0.1) is 0 Å². The van der Waals surface area contributed by atoms with E-state index in [0.717, 1.165) is 6.61 Å². The van der Waals surface area contributed by atoms with Crippen molar-refractivity contribution in [2.45, 2.75) is 12.8 Å². The van der Waals surface area contributed by atoms with Gasteiger partial charge < -0.3 is 4.74 Å². The van der Waals surface area contributed by atoms with Crippen molar-refractivity contribution in [3.8, 4) is 11.9 Å². The Bertz CT molecular complexity index is 324. The first-order chi connectivity index (χ1) is 6.38. The molecule has 0 aromatic carbocycles. The van der Waals surface area contributed by atoms with E-state index in [2.05, 4.69) is 9.97 Å². The van der Waals surface area contributed by atoms with Gasteiger partial charge in [-0.2, -0.15) is 5.26 Å². The van der Waals surface area contributed by atoms with Gasteiger partial charge in [0.15, 0.2) is 5.69 Å². The maximum atomic E-state index is 8.46. The van der Waals surface area contributed by atoms with Gasteiger partial charge in [0.2, 0.25) is 5.88 Å². The molecule has 1 saturated carbocycles. The van der Waals surface area contributed by atoms with Crippen LogP contribution in [-0.4, -0.2) is 16.6 Å². The molecule has 13 heavy (non-hydrogen) atoms. The molecule has 0 bridgehead atoms. The number of hydrogen-bond donors (Lipinski definition) is 0. The Kier molecular flexibility index (Phi) is 2.09. The molecule has 0 N–H and O–H groups in total. The van der Waals surface area contributed by atoms with Crippen LogP contribution >= 0.6 is 0 Å². The molecule has 0 aliphatic heterocycles. The molecule has 1 aromatic rings. The van der Waals surface area contributed by atoms with Crippen LogP contribution in [0.25, 0.3) is 0 Å². The van der Waals surface area contributed by atoms with Crippen molar-refractivity contribution in [1.29, 1.82) is 5.26 Å². The summed E-state index contributed by atoms with van der Waals surface area (Å²) >= 11 is 0. The van der Waals surface area contributed by atoms with Crippen LogP contribution in [0.2, 0.25) is 0 Å². The second-order valence-electron chi connectivity index (χ2n) is 3.11. The maximum Gasteiger partial charge on any atom is 0.232 e. The van der Waals surface area contributed by atoms with Gasteiger partial charge in [0.25, 0.3) is 0 Å². The van der Waals surface area contributed by atoms with Crippen LogP contribution in [0.1, 0.15) is 18.5 Å². The third-order valence-corrected chi connectivity index (χ3v) is 1.91. The first kappa shape index (κ1) is 7.99. The summed E-state index contributed by atoms with van der Waals surface area (Å²) in [6.07, 6.45) is 5.41. The molecule has 1 heterocycles. The zero-order chi connectivity index (χ0) is 9.10. The van der Waals surface area contributed by atoms with Crippen molar-refractivity contribution in [3.63, 3.8) is 0 Å². The molecular formula is C9H9N3O. The first-order valence-corrected chi connectivity index (χ1v) is 4.23. The summed E-state index contributed by atoms with van der Waals surface area (Å²) < 4.78 is 5.35. The highest BCUT2D eigenvalue weighted by Crippen LogP contribution is 2.28. The fraction of sp³-hybridized carbons (Fsp3) is 0.444. The lowest BCUT2D eigenvalue weighted by Crippen LogP contribution is -2.01. The van der Waals surface area contributed by atoms with Crippen molar-refractivity contribution >= 4 is 0 Å². The predicted octanol–water partition coefficient (Wildman–Crippen LogP) is 1.14. The van der Waals surface area contributed by atoms with Gasteiger partial charge in [-0.1, -0.05) is 0 Å². The predicted molar refractivity (Wildman–Crippen MR) is 45.0 cm³/mol. The van der Waals surface area contributed by atoms with E-state index < -0.39 is 0 Å². The summed E-state index contributed by atoms with van der Waals surface area (Å²) in [5.41, 5.74) is 0.318. The van der Waals surface area contributed by atoms with Crippen LogP contribution in [0.5, 0.6) is 5.88 Å². The molecule has 0 amide bonds. The zero-order valence-corrected chi connectivity index (χ0v) is 7.10. The third kappa shape index (κ3) is 2.15. The summed E-state index contributed by atoms with van der Waals surface area (Å²) in [5.74, 6) is 1.21. The molecule has 4 heteroatoms. The van der Waals surface area contributed by atoms with E-state index in [0.29, 0.717) is 17.5 Å². The summed E-state index contributed by atoms with van der Waals surface area (Å²) in [6, 6.07) is 1.90. The van der Waals surface area contributed by atoms with Crippen LogP contribution < -0.4 is 4.74 Å². The Morgan fingerprint density at radius 1 is 1.46 bits per heavy atom. The van der Waals surface area contributed by atoms with Crippen molar-refractivity contribution in [2.75, 3.05) is 6.61 Å². The fourth-order valence-electron chi connectivity index (χ4n) is 0.936. The first-order valence-electron chi connectivity index (χ1n) is 4.23. The summed E-state index contributed by atoms with van der Waals surface area (Å²) in [4.78, 5) is 7.79. The minimum Gasteiger partial charge on any atom is -0.476 e. The van der Waals surface area contributed by atoms with Crippen molar-refractivity contribution < 1.29 is 4.74 Å². The minimum atomic E-state index is 0.318. The Hall–Kier alpha value is -1.63. The Morgan fingerprint density at radius 2 is 2.31 bits per heavy atom. The molecule has 1 aromatic heterocycles. The Balaban J connectivity index is 1.93. The highest BCUT2D eigenvalue weighted by Gasteiger charge is 2.22. The van der Waals surface area contributed by atoms with Crippen LogP contribution in [0, 0.1) is 17.2 Å². The van der Waals surface area contributed by atoms with Crippen LogP contribution in [-0.2, 0) is 0 Å². The lowest BCUT2D eigenvalue weighted by atomic mass is 10.5. The van der Waals surface area contributed by atoms with Gasteiger partial charge in [0.1, 0.15) is 6.07 Å². The van der Waals surface area contributed by atoms with E-state index in [1.54, 1.807) is 0 Å². The van der Waals surface area contributed by atoms with E-state index in [4.69, 9.17) is 10.00 Å². The smallest absolute Gasteiger partial charge is 0.232 e. The molecule has 4 nitrogen and oxygen atoms in total. The van der Waals surface area contributed by atoms with Crippen molar-refractivity contribution in [1.82, 2.24) is 9.97 Å². The number of aromatic nitrogens is 2. The number of hydrogen-bond acceptors (Lipinski definition) is 4. The molecule has 0 spiro atoms. The third-order valence-electron chi connectivity index (χ3n) is 1.91. The van der Waals surface area contributed by atoms with Crippen molar-refractivity contribution in [2.24, 2.45) is 5.92 Å². The minimum absolute atomic E-state index is 0.318. The van der Waals surface area contributed by atoms with Gasteiger partial charge >= 0.3 is 0 Å². The van der Waals surface area contributed by atoms with Gasteiger partial charge in [0, 0.05) is 0 Å². The van der Waals surface area contributed by atoms with Gasteiger partial charge in [-0.25, -0.2) is 9.97 Å². The van der Waals surface area contributed by atoms with E-state index in [-0.39, 0.29) is 0 Å².